The molecule has 2 heterocycles. The monoisotopic (exact) mass is 266 g/mol. The van der Waals surface area contributed by atoms with E-state index in [0.717, 1.165) is 12.8 Å². The van der Waals surface area contributed by atoms with E-state index in [2.05, 4.69) is 10.4 Å². The van der Waals surface area contributed by atoms with Gasteiger partial charge in [0.15, 0.2) is 11.8 Å². The van der Waals surface area contributed by atoms with Crippen molar-refractivity contribution in [1.29, 1.82) is 0 Å². The average molecular weight is 266 g/mol. The molecule has 0 spiro atoms. The van der Waals surface area contributed by atoms with Crippen molar-refractivity contribution in [3.05, 3.63) is 11.4 Å². The van der Waals surface area contributed by atoms with Gasteiger partial charge in [0.1, 0.15) is 0 Å². The molecule has 1 aromatic heterocycles. The number of carbonyl (C=O) groups is 2. The van der Waals surface area contributed by atoms with Crippen LogP contribution in [0.2, 0.25) is 0 Å². The van der Waals surface area contributed by atoms with Crippen LogP contribution in [0.3, 0.4) is 0 Å². The second-order valence-electron chi connectivity index (χ2n) is 4.65. The Morgan fingerprint density at radius 3 is 2.89 bits per heavy atom. The number of amides is 1. The van der Waals surface area contributed by atoms with E-state index in [1.54, 1.807) is 14.0 Å². The fraction of sp³-hybridized carbons (Fsp3) is 0.583. The third-order valence-corrected chi connectivity index (χ3v) is 3.20. The summed E-state index contributed by atoms with van der Waals surface area (Å²) in [5.41, 5.74) is 6.84. The number of ether oxygens (including phenoxy) is 1. The Balaban J connectivity index is 2.14. The lowest BCUT2D eigenvalue weighted by Crippen LogP contribution is -2.36. The number of esters is 1. The number of aromatic nitrogens is 2. The molecular formula is C12H18N4O3. The van der Waals surface area contributed by atoms with Crippen LogP contribution < -0.4 is 11.1 Å². The first kappa shape index (κ1) is 13.4. The second-order valence-corrected chi connectivity index (χ2v) is 4.65. The highest BCUT2D eigenvalue weighted by Crippen LogP contribution is 2.18. The highest BCUT2D eigenvalue weighted by atomic mass is 16.5. The lowest BCUT2D eigenvalue weighted by atomic mass is 10.2. The summed E-state index contributed by atoms with van der Waals surface area (Å²) < 4.78 is 6.63. The minimum Gasteiger partial charge on any atom is -0.447 e. The van der Waals surface area contributed by atoms with E-state index in [0.29, 0.717) is 24.3 Å². The number of nitrogens with zero attached hydrogens (tertiary/aromatic N) is 2. The number of carbonyl (C=O) groups excluding carboxylic acids is 2. The standard InChI is InChI=1S/C12H18N4O3/c1-7-9(13)10(16(2)15-7)12(18)19-8-5-3-4-6-14-11(8)17/h8H,3-6,13H2,1-2H3,(H,14,17). The zero-order valence-electron chi connectivity index (χ0n) is 11.1. The van der Waals surface area contributed by atoms with E-state index < -0.39 is 12.1 Å². The Bertz CT molecular complexity index is 509. The van der Waals surface area contributed by atoms with Crippen molar-refractivity contribution in [2.75, 3.05) is 12.3 Å². The van der Waals surface area contributed by atoms with Crippen molar-refractivity contribution < 1.29 is 14.3 Å². The van der Waals surface area contributed by atoms with E-state index >= 15 is 0 Å². The second kappa shape index (κ2) is 5.29. The number of rotatable bonds is 2. The van der Waals surface area contributed by atoms with Crippen LogP contribution in [0.15, 0.2) is 0 Å². The number of nitrogens with one attached hydrogen (secondary N) is 1. The lowest BCUT2D eigenvalue weighted by molar-refractivity contribution is -0.129. The SMILES string of the molecule is Cc1nn(C)c(C(=O)OC2CCCCNC2=O)c1N. The zero-order chi connectivity index (χ0) is 14.0. The Morgan fingerprint density at radius 2 is 2.26 bits per heavy atom. The summed E-state index contributed by atoms with van der Waals surface area (Å²) in [6.07, 6.45) is 1.53. The first-order valence-electron chi connectivity index (χ1n) is 6.28. The summed E-state index contributed by atoms with van der Waals surface area (Å²) in [5, 5.41) is 6.77. The maximum Gasteiger partial charge on any atom is 0.359 e. The van der Waals surface area contributed by atoms with Gasteiger partial charge in [-0.1, -0.05) is 0 Å². The molecular weight excluding hydrogens is 248 g/mol. The minimum atomic E-state index is -0.746. The zero-order valence-corrected chi connectivity index (χ0v) is 11.1. The van der Waals surface area contributed by atoms with Crippen LogP contribution in [0.4, 0.5) is 5.69 Å². The molecule has 7 heteroatoms. The molecule has 0 radical (unpaired) electrons. The summed E-state index contributed by atoms with van der Waals surface area (Å²) in [4.78, 5) is 23.8. The van der Waals surface area contributed by atoms with Crippen LogP contribution in [0.25, 0.3) is 0 Å². The minimum absolute atomic E-state index is 0.189. The molecule has 0 bridgehead atoms. The predicted octanol–water partition coefficient (Wildman–Crippen LogP) is 0.136. The molecule has 3 N–H and O–H groups in total. The van der Waals surface area contributed by atoms with Crippen LogP contribution in [0.5, 0.6) is 0 Å². The Hall–Kier alpha value is -2.05. The Kier molecular flexibility index (Phi) is 3.73. The summed E-state index contributed by atoms with van der Waals surface area (Å²) in [7, 11) is 1.62. The number of aryl methyl sites for hydroxylation is 2. The third-order valence-electron chi connectivity index (χ3n) is 3.20. The highest BCUT2D eigenvalue weighted by Gasteiger charge is 2.28. The van der Waals surface area contributed by atoms with Crippen molar-refractivity contribution in [2.24, 2.45) is 7.05 Å². The first-order chi connectivity index (χ1) is 9.00. The van der Waals surface area contributed by atoms with Gasteiger partial charge in [0, 0.05) is 13.6 Å². The molecule has 1 saturated heterocycles. The van der Waals surface area contributed by atoms with Gasteiger partial charge in [-0.2, -0.15) is 5.10 Å². The molecule has 1 aromatic rings. The molecule has 104 valence electrons. The Labute approximate surface area is 111 Å². The number of hydrogen-bond acceptors (Lipinski definition) is 5. The van der Waals surface area contributed by atoms with Gasteiger partial charge in [0.2, 0.25) is 0 Å². The lowest BCUT2D eigenvalue weighted by Gasteiger charge is -2.14. The van der Waals surface area contributed by atoms with Crippen LogP contribution in [0.1, 0.15) is 35.4 Å². The molecule has 0 aromatic carbocycles. The predicted molar refractivity (Wildman–Crippen MR) is 68.4 cm³/mol. The van der Waals surface area contributed by atoms with Gasteiger partial charge >= 0.3 is 5.97 Å². The van der Waals surface area contributed by atoms with Crippen molar-refractivity contribution in [3.8, 4) is 0 Å². The molecule has 2 rings (SSSR count). The molecule has 1 atom stereocenters. The van der Waals surface area contributed by atoms with E-state index in [4.69, 9.17) is 10.5 Å². The molecule has 0 aliphatic carbocycles. The summed E-state index contributed by atoms with van der Waals surface area (Å²) in [6, 6.07) is 0. The normalized spacial score (nSPS) is 19.7. The molecule has 7 nitrogen and oxygen atoms in total. The fourth-order valence-corrected chi connectivity index (χ4v) is 2.13. The Morgan fingerprint density at radius 1 is 1.53 bits per heavy atom. The van der Waals surface area contributed by atoms with Crippen LogP contribution >= 0.6 is 0 Å². The number of anilines is 1. The third kappa shape index (κ3) is 2.69. The molecule has 1 amide bonds. The van der Waals surface area contributed by atoms with Gasteiger partial charge < -0.3 is 15.8 Å². The van der Waals surface area contributed by atoms with E-state index in [1.807, 2.05) is 0 Å². The topological polar surface area (TPSA) is 99.2 Å². The van der Waals surface area contributed by atoms with Gasteiger partial charge in [-0.15, -0.1) is 0 Å². The first-order valence-corrected chi connectivity index (χ1v) is 6.28. The van der Waals surface area contributed by atoms with Crippen molar-refractivity contribution >= 4 is 17.6 Å². The van der Waals surface area contributed by atoms with Crippen molar-refractivity contribution in [1.82, 2.24) is 15.1 Å². The smallest absolute Gasteiger partial charge is 0.359 e. The van der Waals surface area contributed by atoms with E-state index in [-0.39, 0.29) is 11.6 Å². The van der Waals surface area contributed by atoms with E-state index in [9.17, 15) is 9.59 Å². The van der Waals surface area contributed by atoms with E-state index in [1.165, 1.54) is 4.68 Å². The molecule has 1 aliphatic heterocycles. The molecule has 1 unspecified atom stereocenters. The molecule has 1 fully saturated rings. The van der Waals surface area contributed by atoms with Gasteiger partial charge in [-0.25, -0.2) is 4.79 Å². The van der Waals surface area contributed by atoms with Gasteiger partial charge in [-0.05, 0) is 26.2 Å². The van der Waals surface area contributed by atoms with Gasteiger partial charge in [0.25, 0.3) is 5.91 Å². The maximum atomic E-state index is 12.1. The van der Waals surface area contributed by atoms with Gasteiger partial charge in [0.05, 0.1) is 11.4 Å². The molecule has 0 saturated carbocycles. The van der Waals surface area contributed by atoms with Crippen LogP contribution in [-0.4, -0.2) is 34.3 Å². The molecule has 19 heavy (non-hydrogen) atoms. The number of nitrogens with two attached hydrogens (primary N) is 1. The average Bonchev–Trinajstić information content (AvgIpc) is 2.51. The quantitative estimate of drug-likeness (QED) is 0.742. The number of hydrogen-bond donors (Lipinski definition) is 2. The summed E-state index contributed by atoms with van der Waals surface area (Å²) >= 11 is 0. The van der Waals surface area contributed by atoms with Crippen molar-refractivity contribution in [3.63, 3.8) is 0 Å². The van der Waals surface area contributed by atoms with Crippen molar-refractivity contribution in [2.45, 2.75) is 32.3 Å². The number of nitrogen functional groups attached to an aromatic ring is 1. The van der Waals surface area contributed by atoms with Crippen LogP contribution in [-0.2, 0) is 16.6 Å². The maximum absolute atomic E-state index is 12.1. The summed E-state index contributed by atoms with van der Waals surface area (Å²) in [6.45, 7) is 2.34. The summed E-state index contributed by atoms with van der Waals surface area (Å²) in [5.74, 6) is -0.856. The van der Waals surface area contributed by atoms with Crippen LogP contribution in [0, 0.1) is 6.92 Å². The largest absolute Gasteiger partial charge is 0.447 e. The molecule has 1 aliphatic rings. The fourth-order valence-electron chi connectivity index (χ4n) is 2.13. The highest BCUT2D eigenvalue weighted by molar-refractivity contribution is 5.95. The van der Waals surface area contributed by atoms with Gasteiger partial charge in [-0.3, -0.25) is 9.48 Å².